The predicted molar refractivity (Wildman–Crippen MR) is 275 cm³/mol. The van der Waals surface area contributed by atoms with E-state index in [1.54, 1.807) is 23.2 Å². The Hall–Kier alpha value is -9.05. The number of hydrogen-bond donors (Lipinski definition) is 0. The van der Waals surface area contributed by atoms with Gasteiger partial charge in [0.25, 0.3) is 0 Å². The predicted octanol–water partition coefficient (Wildman–Crippen LogP) is 17.2. The van der Waals surface area contributed by atoms with Crippen LogP contribution in [0.5, 0.6) is 11.6 Å². The van der Waals surface area contributed by atoms with Crippen molar-refractivity contribution in [2.24, 2.45) is 0 Å². The highest BCUT2D eigenvalue weighted by Gasteiger charge is 2.47. The Balaban J connectivity index is 0.000000245. The number of carbonyl (C=O) groups is 1. The van der Waals surface area contributed by atoms with E-state index in [4.69, 9.17) is 4.74 Å². The summed E-state index contributed by atoms with van der Waals surface area (Å²) >= 11 is 0. The van der Waals surface area contributed by atoms with Crippen LogP contribution < -0.4 is 31.2 Å². The number of aromatic nitrogens is 2. The number of hydrogen-bond acceptors (Lipinski definition) is 3. The highest BCUT2D eigenvalue weighted by molar-refractivity contribution is 7.20. The van der Waals surface area contributed by atoms with Crippen LogP contribution >= 0.6 is 0 Å². The van der Waals surface area contributed by atoms with Gasteiger partial charge in [-0.3, -0.25) is 4.79 Å². The fraction of sp³-hybridized carbons (Fsp3) is 0.150. The van der Waals surface area contributed by atoms with Crippen molar-refractivity contribution in [3.63, 3.8) is 0 Å². The first-order valence-electron chi connectivity index (χ1n) is 25.2. The van der Waals surface area contributed by atoms with Crippen LogP contribution in [0.2, 0.25) is 0 Å². The number of nitrogens with zero attached hydrogens (tertiary/aromatic N) is 2. The smallest absolute Gasteiger partial charge is 0.403 e. The van der Waals surface area contributed by atoms with Crippen LogP contribution in [0.3, 0.4) is 0 Å². The zero-order valence-electron chi connectivity index (χ0n) is 43.8. The summed E-state index contributed by atoms with van der Waals surface area (Å²) in [5.74, 6) is 1.28. The van der Waals surface area contributed by atoms with E-state index in [-0.39, 0.29) is 12.3 Å². The molecule has 89 heavy (non-hydrogen) atoms. The fourth-order valence-corrected chi connectivity index (χ4v) is 10.4. The SMILES string of the molecule is FC(F)(F)c1cc([B-](c2cc(C(F)(F)F)cc(C(F)(F)F)c2)(c2cc(C(F)(F)F)cc(C(F)(F)F)c2)c2cc(C(F)(F)F)cc(C(F)(F)F)c2)cc(C(F)(F)F)c1.O=C(C[n+]1ccncc1Oc1ccc2ccc3cccc4ccc1c2c34)c1ccccc1. The molecular weight excluding hydrogens is 1250 g/mol. The average Bonchev–Trinajstić information content (AvgIpc) is 0.890. The van der Waals surface area contributed by atoms with Crippen LogP contribution in [0.1, 0.15) is 54.9 Å². The quantitative estimate of drug-likeness (QED) is 0.0476. The highest BCUT2D eigenvalue weighted by atomic mass is 19.4. The second kappa shape index (κ2) is 22.5. The molecule has 29 heteroatoms. The van der Waals surface area contributed by atoms with Crippen LogP contribution in [0.4, 0.5) is 105 Å². The fourth-order valence-electron chi connectivity index (χ4n) is 10.4. The van der Waals surface area contributed by atoms with E-state index in [1.165, 1.54) is 26.9 Å². The van der Waals surface area contributed by atoms with Gasteiger partial charge in [0.1, 0.15) is 18.1 Å². The summed E-state index contributed by atoms with van der Waals surface area (Å²) in [7, 11) is 0. The monoisotopic (exact) mass is 1280 g/mol. The maximum atomic E-state index is 14.2. The van der Waals surface area contributed by atoms with Gasteiger partial charge in [-0.25, -0.2) is 4.98 Å². The van der Waals surface area contributed by atoms with Gasteiger partial charge in [-0.15, -0.1) is 0 Å². The Morgan fingerprint density at radius 1 is 0.382 bits per heavy atom. The van der Waals surface area contributed by atoms with Gasteiger partial charge in [-0.05, 0) is 57.9 Å². The second-order valence-electron chi connectivity index (χ2n) is 20.1. The molecule has 0 spiro atoms. The molecule has 1 heterocycles. The Kier molecular flexibility index (Phi) is 16.3. The Morgan fingerprint density at radius 3 is 1.06 bits per heavy atom. The number of benzene rings is 9. The van der Waals surface area contributed by atoms with Crippen molar-refractivity contribution in [2.45, 2.75) is 56.0 Å². The molecule has 0 saturated carbocycles. The number of rotatable bonds is 9. The van der Waals surface area contributed by atoms with Gasteiger partial charge in [0.2, 0.25) is 12.3 Å². The molecule has 10 aromatic rings. The number of carbonyl (C=O) groups excluding carboxylic acids is 1. The molecule has 0 bridgehead atoms. The standard InChI is InChI=1S/C32H12BF24.C28H19N2O2/c34-25(35,36)13-1-14(26(37,38)39)6-21(5-13)33(22-7-15(27(40,41)42)2-16(8-22)28(43,44)45,23-9-17(29(46,47)48)3-18(10-23)30(49,50)51)24-11-19(31(52,53)54)4-20(12-24)32(55,56)57;31-24(19-5-2-1-3-6-19)18-30-16-15-29-17-26(30)32-25-14-12-22-10-9-20-7-4-8-21-11-13-23(25)28(22)27(20)21/h1-12H;1-17H,18H2/q-1;+1. The van der Waals surface area contributed by atoms with Crippen molar-refractivity contribution >= 4 is 66.1 Å². The van der Waals surface area contributed by atoms with E-state index in [1.807, 2.05) is 36.4 Å². The van der Waals surface area contributed by atoms with Crippen molar-refractivity contribution < 1.29 is 119 Å². The van der Waals surface area contributed by atoms with Gasteiger partial charge < -0.3 is 4.74 Å². The van der Waals surface area contributed by atoms with Crippen LogP contribution in [-0.2, 0) is 56.0 Å². The van der Waals surface area contributed by atoms with Crippen molar-refractivity contribution in [3.8, 4) is 11.6 Å². The summed E-state index contributed by atoms with van der Waals surface area (Å²) < 4.78 is 349. The van der Waals surface area contributed by atoms with Crippen LogP contribution in [-0.4, -0.2) is 16.9 Å². The lowest BCUT2D eigenvalue weighted by Crippen LogP contribution is -2.75. The number of ketones is 1. The molecule has 0 aliphatic rings. The molecule has 10 rings (SSSR count). The van der Waals surface area contributed by atoms with Gasteiger partial charge in [-0.1, -0.05) is 121 Å². The first kappa shape index (κ1) is 64.4. The molecule has 0 atom stereocenters. The Bertz CT molecular complexity index is 3840. The van der Waals surface area contributed by atoms with Crippen molar-refractivity contribution in [2.75, 3.05) is 0 Å². The van der Waals surface area contributed by atoms with Crippen molar-refractivity contribution in [3.05, 3.63) is 226 Å². The van der Waals surface area contributed by atoms with Gasteiger partial charge in [0.15, 0.2) is 6.20 Å². The molecule has 0 aliphatic carbocycles. The van der Waals surface area contributed by atoms with Gasteiger partial charge >= 0.3 is 55.3 Å². The molecule has 9 aromatic carbocycles. The normalized spacial score (nSPS) is 13.3. The van der Waals surface area contributed by atoms with Crippen LogP contribution in [0.15, 0.2) is 176 Å². The maximum Gasteiger partial charge on any atom is 0.416 e. The molecule has 4 nitrogen and oxygen atoms in total. The van der Waals surface area contributed by atoms with Gasteiger partial charge in [0.05, 0.1) is 50.7 Å². The molecule has 0 saturated heterocycles. The van der Waals surface area contributed by atoms with E-state index < -0.39 is 195 Å². The minimum Gasteiger partial charge on any atom is -0.403 e. The van der Waals surface area contributed by atoms with Gasteiger partial charge in [-0.2, -0.15) is 132 Å². The molecule has 0 aliphatic heterocycles. The number of Topliss-reactive ketones (excluding diaryl/α,β-unsaturated/α-hetero) is 1. The second-order valence-corrected chi connectivity index (χ2v) is 20.1. The Labute approximate surface area is 483 Å². The number of alkyl halides is 24. The Morgan fingerprint density at radius 2 is 0.708 bits per heavy atom. The lowest BCUT2D eigenvalue weighted by molar-refractivity contribution is -0.687. The molecule has 0 fully saturated rings. The van der Waals surface area contributed by atoms with Crippen LogP contribution in [0.25, 0.3) is 32.3 Å². The topological polar surface area (TPSA) is 43.1 Å². The van der Waals surface area contributed by atoms with E-state index in [0.29, 0.717) is 11.4 Å². The summed E-state index contributed by atoms with van der Waals surface area (Å²) in [6.45, 7) is 0.174. The lowest BCUT2D eigenvalue weighted by atomic mass is 9.12. The third-order valence-electron chi connectivity index (χ3n) is 14.4. The molecule has 1 aromatic heterocycles. The van der Waals surface area contributed by atoms with Gasteiger partial charge in [0, 0.05) is 16.3 Å². The summed E-state index contributed by atoms with van der Waals surface area (Å²) in [4.78, 5) is 17.0. The molecule has 464 valence electrons. The molecule has 0 amide bonds. The first-order chi connectivity index (χ1) is 41.0. The molecule has 0 radical (unpaired) electrons. The zero-order chi connectivity index (χ0) is 65.4. The first-order valence-corrected chi connectivity index (χ1v) is 25.2. The summed E-state index contributed by atoms with van der Waals surface area (Å²) in [6, 6.07) is 19.5. The third kappa shape index (κ3) is 13.4. The van der Waals surface area contributed by atoms with Crippen molar-refractivity contribution in [1.82, 2.24) is 4.98 Å². The maximum absolute atomic E-state index is 14.2. The molecule has 0 N–H and O–H groups in total. The molecular formula is C60H31BF24N2O2. The summed E-state index contributed by atoms with van der Waals surface area (Å²) in [5, 5.41) is 7.07. The lowest BCUT2D eigenvalue weighted by Gasteiger charge is -2.46. The van der Waals surface area contributed by atoms with E-state index in [9.17, 15) is 110 Å². The zero-order valence-corrected chi connectivity index (χ0v) is 43.8. The minimum absolute atomic E-state index is 0.0158. The number of halogens is 24. The third-order valence-corrected chi connectivity index (χ3v) is 14.4. The average molecular weight is 1280 g/mol. The number of ether oxygens (including phenoxy) is 1. The van der Waals surface area contributed by atoms with Crippen molar-refractivity contribution in [1.29, 1.82) is 0 Å². The van der Waals surface area contributed by atoms with E-state index in [0.717, 1.165) is 11.1 Å². The summed E-state index contributed by atoms with van der Waals surface area (Å²) in [5.41, 5.74) is -29.5. The van der Waals surface area contributed by atoms with E-state index >= 15 is 0 Å². The largest absolute Gasteiger partial charge is 0.416 e. The van der Waals surface area contributed by atoms with Crippen LogP contribution in [0, 0.1) is 0 Å². The summed E-state index contributed by atoms with van der Waals surface area (Å²) in [6.07, 6.45) is -49.7. The van der Waals surface area contributed by atoms with E-state index in [2.05, 4.69) is 53.5 Å². The molecule has 0 unspecified atom stereocenters. The highest BCUT2D eigenvalue weighted by Crippen LogP contribution is 2.43. The minimum atomic E-state index is -6.13.